The largest absolute Gasteiger partial charge is 0.396 e. The molecule has 0 saturated carbocycles. The monoisotopic (exact) mass is 274 g/mol. The van der Waals surface area contributed by atoms with E-state index < -0.39 is 0 Å². The topological polar surface area (TPSA) is 50.7 Å². The van der Waals surface area contributed by atoms with Crippen LogP contribution in [0.3, 0.4) is 0 Å². The molecular weight excluding hydrogens is 240 g/mol. The van der Waals surface area contributed by atoms with E-state index in [4.69, 9.17) is 4.84 Å². The number of nitrogens with one attached hydrogen (secondary N) is 1. The molecule has 0 aliphatic heterocycles. The summed E-state index contributed by atoms with van der Waals surface area (Å²) in [6, 6.07) is 0. The van der Waals surface area contributed by atoms with Gasteiger partial charge in [-0.1, -0.05) is 39.8 Å². The Morgan fingerprint density at radius 1 is 1.11 bits per heavy atom. The minimum absolute atomic E-state index is 0.132. The number of carbonyl (C=O) groups excluding carboxylic acids is 1. The highest BCUT2D eigenvalue weighted by molar-refractivity contribution is 5.78. The SMILES string of the molecule is CC.CC.CCCNC(=O)CCCCON=C(C)C. The summed E-state index contributed by atoms with van der Waals surface area (Å²) in [4.78, 5) is 16.2. The van der Waals surface area contributed by atoms with Gasteiger partial charge in [0.2, 0.25) is 5.91 Å². The Hall–Kier alpha value is -1.06. The van der Waals surface area contributed by atoms with Crippen LogP contribution in [0.4, 0.5) is 0 Å². The van der Waals surface area contributed by atoms with E-state index >= 15 is 0 Å². The van der Waals surface area contributed by atoms with E-state index in [1.165, 1.54) is 0 Å². The second-order valence-electron chi connectivity index (χ2n) is 3.68. The molecule has 4 nitrogen and oxygen atoms in total. The van der Waals surface area contributed by atoms with Crippen molar-refractivity contribution in [3.63, 3.8) is 0 Å². The molecule has 0 aromatic rings. The van der Waals surface area contributed by atoms with Gasteiger partial charge in [-0.15, -0.1) is 0 Å². The molecule has 4 heteroatoms. The van der Waals surface area contributed by atoms with E-state index in [1.54, 1.807) is 0 Å². The Morgan fingerprint density at radius 2 is 1.68 bits per heavy atom. The summed E-state index contributed by atoms with van der Waals surface area (Å²) in [5.74, 6) is 0.132. The second kappa shape index (κ2) is 22.1. The van der Waals surface area contributed by atoms with Crippen LogP contribution in [0.2, 0.25) is 0 Å². The molecule has 1 N–H and O–H groups in total. The summed E-state index contributed by atoms with van der Waals surface area (Å²) in [5, 5.41) is 6.64. The Labute approximate surface area is 120 Å². The van der Waals surface area contributed by atoms with Crippen molar-refractivity contribution in [2.24, 2.45) is 5.16 Å². The summed E-state index contributed by atoms with van der Waals surface area (Å²) in [6.07, 6.45) is 3.29. The van der Waals surface area contributed by atoms with E-state index in [-0.39, 0.29) is 5.91 Å². The molecule has 0 fully saturated rings. The first-order valence-electron chi connectivity index (χ1n) is 7.56. The average Bonchev–Trinajstić information content (AvgIpc) is 2.44. The van der Waals surface area contributed by atoms with Crippen LogP contribution >= 0.6 is 0 Å². The molecule has 1 amide bonds. The third-order valence-corrected chi connectivity index (χ3v) is 1.71. The molecule has 0 rings (SSSR count). The maximum Gasteiger partial charge on any atom is 0.219 e. The van der Waals surface area contributed by atoms with Gasteiger partial charge in [-0.05, 0) is 33.1 Å². The Balaban J connectivity index is -0.000000579. The highest BCUT2D eigenvalue weighted by atomic mass is 16.6. The van der Waals surface area contributed by atoms with Gasteiger partial charge in [0.25, 0.3) is 0 Å². The molecule has 0 bridgehead atoms. The van der Waals surface area contributed by atoms with Crippen LogP contribution < -0.4 is 5.32 Å². The van der Waals surface area contributed by atoms with Gasteiger partial charge >= 0.3 is 0 Å². The van der Waals surface area contributed by atoms with Gasteiger partial charge in [0.15, 0.2) is 0 Å². The predicted octanol–water partition coefficient (Wildman–Crippen LogP) is 4.15. The third kappa shape index (κ3) is 26.5. The highest BCUT2D eigenvalue weighted by Crippen LogP contribution is 1.96. The fourth-order valence-corrected chi connectivity index (χ4v) is 0.980. The van der Waals surface area contributed by atoms with Crippen molar-refractivity contribution in [1.82, 2.24) is 5.32 Å². The first-order valence-corrected chi connectivity index (χ1v) is 7.56. The molecule has 0 atom stereocenters. The molecular formula is C15H34N2O2. The van der Waals surface area contributed by atoms with Gasteiger partial charge in [-0.25, -0.2) is 0 Å². The molecule has 0 aliphatic rings. The zero-order valence-corrected chi connectivity index (χ0v) is 14.0. The molecule has 0 unspecified atom stereocenters. The van der Waals surface area contributed by atoms with Crippen LogP contribution in [0.5, 0.6) is 0 Å². The third-order valence-electron chi connectivity index (χ3n) is 1.71. The number of hydrogen-bond donors (Lipinski definition) is 1. The standard InChI is InChI=1S/C11H22N2O2.2C2H6/c1-4-8-12-11(14)7-5-6-9-15-13-10(2)3;2*1-2/h4-9H2,1-3H3,(H,12,14);2*1-2H3. The zero-order chi connectivity index (χ0) is 15.5. The fourth-order valence-electron chi connectivity index (χ4n) is 0.980. The maximum atomic E-state index is 11.2. The van der Waals surface area contributed by atoms with Gasteiger partial charge < -0.3 is 10.2 Å². The van der Waals surface area contributed by atoms with E-state index in [2.05, 4.69) is 10.5 Å². The number of nitrogens with zero attached hydrogens (tertiary/aromatic N) is 1. The summed E-state index contributed by atoms with van der Waals surface area (Å²) in [6.45, 7) is 15.2. The fraction of sp³-hybridized carbons (Fsp3) is 0.867. The smallest absolute Gasteiger partial charge is 0.219 e. The Kier molecular flexibility index (Phi) is 26.9. The van der Waals surface area contributed by atoms with E-state index in [9.17, 15) is 4.79 Å². The number of rotatable bonds is 8. The molecule has 0 heterocycles. The number of unbranched alkanes of at least 4 members (excludes halogenated alkanes) is 1. The molecule has 0 spiro atoms. The normalized spacial score (nSPS) is 8.16. The summed E-state index contributed by atoms with van der Waals surface area (Å²) < 4.78 is 0. The van der Waals surface area contributed by atoms with Crippen molar-refractivity contribution in [2.75, 3.05) is 13.2 Å². The van der Waals surface area contributed by atoms with Crippen LogP contribution in [0, 0.1) is 0 Å². The highest BCUT2D eigenvalue weighted by Gasteiger charge is 1.99. The lowest BCUT2D eigenvalue weighted by Gasteiger charge is -2.03. The number of oxime groups is 1. The molecule has 19 heavy (non-hydrogen) atoms. The lowest BCUT2D eigenvalue weighted by atomic mass is 10.2. The van der Waals surface area contributed by atoms with Gasteiger partial charge in [0, 0.05) is 13.0 Å². The number of carbonyl (C=O) groups is 1. The van der Waals surface area contributed by atoms with Crippen molar-refractivity contribution >= 4 is 11.6 Å². The number of hydrogen-bond acceptors (Lipinski definition) is 3. The Morgan fingerprint density at radius 3 is 2.16 bits per heavy atom. The number of amides is 1. The lowest BCUT2D eigenvalue weighted by Crippen LogP contribution is -2.23. The average molecular weight is 274 g/mol. The van der Waals surface area contributed by atoms with Crippen molar-refractivity contribution in [3.8, 4) is 0 Å². The van der Waals surface area contributed by atoms with Crippen LogP contribution in [0.1, 0.15) is 74.1 Å². The quantitative estimate of drug-likeness (QED) is 0.411. The molecule has 0 aromatic heterocycles. The van der Waals surface area contributed by atoms with Crippen molar-refractivity contribution in [2.45, 2.75) is 74.1 Å². The van der Waals surface area contributed by atoms with Crippen LogP contribution in [0.15, 0.2) is 5.16 Å². The minimum Gasteiger partial charge on any atom is -0.396 e. The van der Waals surface area contributed by atoms with Crippen LogP contribution in [-0.2, 0) is 9.63 Å². The molecule has 0 radical (unpaired) electrons. The van der Waals surface area contributed by atoms with Crippen molar-refractivity contribution in [3.05, 3.63) is 0 Å². The Bertz CT molecular complexity index is 200. The zero-order valence-electron chi connectivity index (χ0n) is 14.0. The van der Waals surface area contributed by atoms with E-state index in [0.717, 1.165) is 31.5 Å². The predicted molar refractivity (Wildman–Crippen MR) is 84.6 cm³/mol. The molecule has 116 valence electrons. The second-order valence-corrected chi connectivity index (χ2v) is 3.68. The van der Waals surface area contributed by atoms with Gasteiger partial charge in [-0.2, -0.15) is 0 Å². The molecule has 0 saturated heterocycles. The van der Waals surface area contributed by atoms with Gasteiger partial charge in [0.1, 0.15) is 6.61 Å². The maximum absolute atomic E-state index is 11.2. The van der Waals surface area contributed by atoms with Crippen molar-refractivity contribution in [1.29, 1.82) is 0 Å². The summed E-state index contributed by atoms with van der Waals surface area (Å²) >= 11 is 0. The van der Waals surface area contributed by atoms with Crippen LogP contribution in [0.25, 0.3) is 0 Å². The van der Waals surface area contributed by atoms with E-state index in [0.29, 0.717) is 13.0 Å². The van der Waals surface area contributed by atoms with Gasteiger partial charge in [-0.3, -0.25) is 4.79 Å². The van der Waals surface area contributed by atoms with Gasteiger partial charge in [0.05, 0.1) is 5.71 Å². The molecule has 0 aromatic carbocycles. The van der Waals surface area contributed by atoms with Crippen molar-refractivity contribution < 1.29 is 9.63 Å². The van der Waals surface area contributed by atoms with Crippen LogP contribution in [-0.4, -0.2) is 24.8 Å². The van der Waals surface area contributed by atoms with E-state index in [1.807, 2.05) is 48.5 Å². The summed E-state index contributed by atoms with van der Waals surface area (Å²) in [5.41, 5.74) is 0.913. The molecule has 0 aliphatic carbocycles. The lowest BCUT2D eigenvalue weighted by molar-refractivity contribution is -0.121. The first-order chi connectivity index (χ1) is 9.16. The minimum atomic E-state index is 0.132. The summed E-state index contributed by atoms with van der Waals surface area (Å²) in [7, 11) is 0. The first kappa shape index (κ1) is 23.1.